The fraction of sp³-hybridized carbons (Fsp3) is 0.412. The smallest absolute Gasteiger partial charge is 0.110 e. The van der Waals surface area contributed by atoms with Crippen LogP contribution in [0.15, 0.2) is 58.5 Å². The molecule has 0 aromatic heterocycles. The van der Waals surface area contributed by atoms with Crippen LogP contribution in [0.25, 0.3) is 0 Å². The Bertz CT molecular complexity index is 416. The Hall–Kier alpha value is -0.990. The van der Waals surface area contributed by atoms with Gasteiger partial charge in [-0.25, -0.2) is 0 Å². The van der Waals surface area contributed by atoms with E-state index >= 15 is 0 Å². The van der Waals surface area contributed by atoms with Crippen LogP contribution in [-0.2, 0) is 4.74 Å². The van der Waals surface area contributed by atoms with Crippen molar-refractivity contribution in [3.63, 3.8) is 0 Å². The summed E-state index contributed by atoms with van der Waals surface area (Å²) >= 11 is 1.77. The van der Waals surface area contributed by atoms with E-state index in [1.54, 1.807) is 18.9 Å². The summed E-state index contributed by atoms with van der Waals surface area (Å²) in [7, 11) is 1.78. The lowest BCUT2D eigenvalue weighted by atomic mass is 10.1. The highest BCUT2D eigenvalue weighted by Gasteiger charge is 2.07. The minimum absolute atomic E-state index is 0.184. The lowest BCUT2D eigenvalue weighted by Gasteiger charge is -2.13. The highest BCUT2D eigenvalue weighted by molar-refractivity contribution is 7.99. The van der Waals surface area contributed by atoms with Crippen LogP contribution < -0.4 is 0 Å². The average Bonchev–Trinajstić information content (AvgIpc) is 2.42. The highest BCUT2D eigenvalue weighted by atomic mass is 32.2. The van der Waals surface area contributed by atoms with Crippen LogP contribution in [0.4, 0.5) is 0 Å². The molecule has 0 saturated heterocycles. The summed E-state index contributed by atoms with van der Waals surface area (Å²) in [5.41, 5.74) is 2.95. The van der Waals surface area contributed by atoms with Gasteiger partial charge in [0.1, 0.15) is 5.44 Å². The SMILES string of the molecule is COC(CC=C(C)CC=C(C)C)Sc1ccccc1. The molecule has 0 radical (unpaired) electrons. The monoisotopic (exact) mass is 276 g/mol. The predicted octanol–water partition coefficient (Wildman–Crippen LogP) is 5.44. The zero-order valence-electron chi connectivity index (χ0n) is 12.3. The molecular weight excluding hydrogens is 252 g/mol. The number of allylic oxidation sites excluding steroid dienone is 3. The summed E-state index contributed by atoms with van der Waals surface area (Å²) in [4.78, 5) is 1.25. The maximum absolute atomic E-state index is 5.53. The summed E-state index contributed by atoms with van der Waals surface area (Å²) in [5.74, 6) is 0. The van der Waals surface area contributed by atoms with Crippen LogP contribution in [0.5, 0.6) is 0 Å². The van der Waals surface area contributed by atoms with Crippen LogP contribution in [0.2, 0.25) is 0 Å². The molecule has 0 spiro atoms. The fourth-order valence-corrected chi connectivity index (χ4v) is 2.50. The maximum Gasteiger partial charge on any atom is 0.110 e. The Labute approximate surface area is 121 Å². The molecule has 0 bridgehead atoms. The lowest BCUT2D eigenvalue weighted by Crippen LogP contribution is -2.03. The quantitative estimate of drug-likeness (QED) is 0.372. The van der Waals surface area contributed by atoms with Crippen molar-refractivity contribution in [1.29, 1.82) is 0 Å². The van der Waals surface area contributed by atoms with Crippen LogP contribution >= 0.6 is 11.8 Å². The Morgan fingerprint density at radius 2 is 1.84 bits per heavy atom. The van der Waals surface area contributed by atoms with Gasteiger partial charge in [-0.1, -0.05) is 53.3 Å². The molecule has 2 heteroatoms. The van der Waals surface area contributed by atoms with Gasteiger partial charge in [-0.3, -0.25) is 0 Å². The molecule has 1 unspecified atom stereocenters. The van der Waals surface area contributed by atoms with E-state index in [0.29, 0.717) is 0 Å². The molecular formula is C17H24OS. The molecule has 0 saturated carbocycles. The van der Waals surface area contributed by atoms with Crippen molar-refractivity contribution in [2.75, 3.05) is 7.11 Å². The van der Waals surface area contributed by atoms with E-state index in [9.17, 15) is 0 Å². The van der Waals surface area contributed by atoms with Gasteiger partial charge in [0.2, 0.25) is 0 Å². The minimum Gasteiger partial charge on any atom is -0.370 e. The topological polar surface area (TPSA) is 9.23 Å². The molecule has 1 atom stereocenters. The van der Waals surface area contributed by atoms with Crippen molar-refractivity contribution in [1.82, 2.24) is 0 Å². The normalized spacial score (nSPS) is 13.2. The van der Waals surface area contributed by atoms with Crippen molar-refractivity contribution >= 4 is 11.8 Å². The number of benzene rings is 1. The molecule has 0 aliphatic rings. The molecule has 0 heterocycles. The van der Waals surface area contributed by atoms with Gasteiger partial charge in [-0.15, -0.1) is 0 Å². The first-order valence-electron chi connectivity index (χ1n) is 6.65. The molecule has 0 aliphatic carbocycles. The van der Waals surface area contributed by atoms with E-state index in [0.717, 1.165) is 12.8 Å². The Balaban J connectivity index is 2.48. The third kappa shape index (κ3) is 7.24. The van der Waals surface area contributed by atoms with E-state index in [4.69, 9.17) is 4.74 Å². The maximum atomic E-state index is 5.53. The summed E-state index contributed by atoms with van der Waals surface area (Å²) in [6.45, 7) is 6.45. The van der Waals surface area contributed by atoms with Gasteiger partial charge in [0.05, 0.1) is 0 Å². The zero-order valence-corrected chi connectivity index (χ0v) is 13.2. The molecule has 0 fully saturated rings. The molecule has 1 aromatic rings. The number of thioether (sulfide) groups is 1. The summed E-state index contributed by atoms with van der Waals surface area (Å²) in [6.07, 6.45) is 6.52. The van der Waals surface area contributed by atoms with Gasteiger partial charge in [0.25, 0.3) is 0 Å². The second-order valence-corrected chi connectivity index (χ2v) is 6.10. The van der Waals surface area contributed by atoms with Crippen molar-refractivity contribution in [3.8, 4) is 0 Å². The third-order valence-electron chi connectivity index (χ3n) is 2.76. The zero-order chi connectivity index (χ0) is 14.1. The van der Waals surface area contributed by atoms with Crippen molar-refractivity contribution in [3.05, 3.63) is 53.6 Å². The standard InChI is InChI=1S/C17H24OS/c1-14(2)10-11-15(3)12-13-17(18-4)19-16-8-6-5-7-9-16/h5-10,12,17H,11,13H2,1-4H3. The third-order valence-corrected chi connectivity index (χ3v) is 3.96. The largest absolute Gasteiger partial charge is 0.370 e. The second-order valence-electron chi connectivity index (χ2n) is 4.87. The Morgan fingerprint density at radius 3 is 2.42 bits per heavy atom. The molecule has 104 valence electrons. The molecule has 1 rings (SSSR count). The van der Waals surface area contributed by atoms with Crippen molar-refractivity contribution in [2.45, 2.75) is 43.9 Å². The van der Waals surface area contributed by atoms with Crippen LogP contribution in [0.1, 0.15) is 33.6 Å². The van der Waals surface area contributed by atoms with Crippen molar-refractivity contribution in [2.24, 2.45) is 0 Å². The van der Waals surface area contributed by atoms with E-state index in [1.165, 1.54) is 16.0 Å². The van der Waals surface area contributed by atoms with Gasteiger partial charge in [0.15, 0.2) is 0 Å². The lowest BCUT2D eigenvalue weighted by molar-refractivity contribution is 0.175. The molecule has 0 N–H and O–H groups in total. The van der Waals surface area contributed by atoms with Gasteiger partial charge < -0.3 is 4.74 Å². The predicted molar refractivity (Wildman–Crippen MR) is 85.5 cm³/mol. The number of hydrogen-bond acceptors (Lipinski definition) is 2. The molecule has 19 heavy (non-hydrogen) atoms. The van der Waals surface area contributed by atoms with Gasteiger partial charge in [0, 0.05) is 18.4 Å². The molecule has 0 amide bonds. The van der Waals surface area contributed by atoms with Gasteiger partial charge >= 0.3 is 0 Å². The van der Waals surface area contributed by atoms with Crippen molar-refractivity contribution < 1.29 is 4.74 Å². The average molecular weight is 276 g/mol. The minimum atomic E-state index is 0.184. The number of ether oxygens (including phenoxy) is 1. The van der Waals surface area contributed by atoms with E-state index in [2.05, 4.69) is 57.2 Å². The van der Waals surface area contributed by atoms with E-state index in [-0.39, 0.29) is 5.44 Å². The Morgan fingerprint density at radius 1 is 1.16 bits per heavy atom. The first-order valence-corrected chi connectivity index (χ1v) is 7.53. The fourth-order valence-electron chi connectivity index (χ4n) is 1.59. The van der Waals surface area contributed by atoms with Crippen LogP contribution in [-0.4, -0.2) is 12.5 Å². The second kappa shape index (κ2) is 9.00. The number of hydrogen-bond donors (Lipinski definition) is 0. The van der Waals surface area contributed by atoms with E-state index < -0.39 is 0 Å². The number of methoxy groups -OCH3 is 1. The van der Waals surface area contributed by atoms with E-state index in [1.807, 2.05) is 6.07 Å². The molecule has 1 nitrogen and oxygen atoms in total. The van der Waals surface area contributed by atoms with Crippen LogP contribution in [0, 0.1) is 0 Å². The summed E-state index contributed by atoms with van der Waals surface area (Å²) < 4.78 is 5.53. The first-order chi connectivity index (χ1) is 9.11. The number of rotatable bonds is 7. The van der Waals surface area contributed by atoms with Crippen LogP contribution in [0.3, 0.4) is 0 Å². The van der Waals surface area contributed by atoms with Gasteiger partial charge in [-0.2, -0.15) is 0 Å². The summed E-state index contributed by atoms with van der Waals surface area (Å²) in [6, 6.07) is 10.4. The molecule has 0 aliphatic heterocycles. The molecule has 1 aromatic carbocycles. The van der Waals surface area contributed by atoms with Gasteiger partial charge in [-0.05, 0) is 39.3 Å². The first kappa shape index (κ1) is 16.1. The highest BCUT2D eigenvalue weighted by Crippen LogP contribution is 2.26. The summed E-state index contributed by atoms with van der Waals surface area (Å²) in [5, 5.41) is 0. The Kier molecular flexibility index (Phi) is 7.61.